The van der Waals surface area contributed by atoms with Gasteiger partial charge < -0.3 is 30.5 Å². The number of carbonyl (C=O) groups excluding carboxylic acids is 5. The number of piperazine rings is 1. The van der Waals surface area contributed by atoms with E-state index in [-0.39, 0.29) is 30.7 Å². The first kappa shape index (κ1) is 47.4. The summed E-state index contributed by atoms with van der Waals surface area (Å²) >= 11 is 0. The van der Waals surface area contributed by atoms with Gasteiger partial charge in [-0.05, 0) is 100 Å². The van der Waals surface area contributed by atoms with E-state index in [9.17, 15) is 24.0 Å². The van der Waals surface area contributed by atoms with Crippen molar-refractivity contribution in [2.75, 3.05) is 70.0 Å². The maximum atomic E-state index is 13.6. The number of imide groups is 2. The highest BCUT2D eigenvalue weighted by molar-refractivity contribution is 6.25. The second-order valence-electron chi connectivity index (χ2n) is 18.7. The van der Waals surface area contributed by atoms with E-state index in [4.69, 9.17) is 15.6 Å². The van der Waals surface area contributed by atoms with E-state index < -0.39 is 23.8 Å². The molecule has 2 atom stereocenters. The number of amides is 5. The average Bonchev–Trinajstić information content (AvgIpc) is 3.88. The monoisotopic (exact) mass is 937 g/mol. The van der Waals surface area contributed by atoms with E-state index in [0.717, 1.165) is 106 Å². The smallest absolute Gasteiger partial charge is 0.264 e. The zero-order valence-electron chi connectivity index (χ0n) is 39.3. The van der Waals surface area contributed by atoms with Crippen LogP contribution in [0.2, 0.25) is 0 Å². The van der Waals surface area contributed by atoms with E-state index >= 15 is 0 Å². The number of unbranched alkanes of at least 4 members (excludes halogenated alkanes) is 6. The third-order valence-electron chi connectivity index (χ3n) is 14.0. The number of nitrogens with two attached hydrogens (primary N) is 1. The molecular weight excluding hydrogens is 875 g/mol. The van der Waals surface area contributed by atoms with Gasteiger partial charge in [0.25, 0.3) is 11.8 Å². The van der Waals surface area contributed by atoms with Gasteiger partial charge in [-0.25, -0.2) is 14.6 Å². The molecule has 1 unspecified atom stereocenters. The molecule has 0 radical (unpaired) electrons. The standard InChI is InChI=1S/C52H63N11O6/c53-48-46-47(36-20-22-39(23-21-36)69-38-15-7-6-8-16-38)58-63(49(46)56-35-55-48)37-14-12-29-61(34-37)44(65)19-13-28-60-32-30-59(31-33-60)27-10-5-3-1-2-4-9-26-54-41-18-11-17-40-45(41)52(68)62(51(40)67)42-24-25-43(64)57-50(42)66/h6-8,11,15-18,20-23,35,37,42,54H,1-5,9-10,12-14,19,24-34H2,(H2,53,55,56)(H,57,64,66)/t37-,42?/m1/s1. The van der Waals surface area contributed by atoms with Gasteiger partial charge in [0.2, 0.25) is 17.7 Å². The number of aromatic nitrogens is 4. The summed E-state index contributed by atoms with van der Waals surface area (Å²) in [7, 11) is 0. The molecule has 5 amide bonds. The van der Waals surface area contributed by atoms with E-state index in [1.165, 1.54) is 32.0 Å². The minimum absolute atomic E-state index is 0.0211. The van der Waals surface area contributed by atoms with Gasteiger partial charge in [0.1, 0.15) is 35.4 Å². The fourth-order valence-electron chi connectivity index (χ4n) is 10.2. The number of nitrogens with zero attached hydrogens (tertiary/aromatic N) is 8. The minimum Gasteiger partial charge on any atom is -0.457 e. The molecule has 362 valence electrons. The zero-order chi connectivity index (χ0) is 47.7. The zero-order valence-corrected chi connectivity index (χ0v) is 39.3. The summed E-state index contributed by atoms with van der Waals surface area (Å²) in [5.41, 5.74) is 9.92. The van der Waals surface area contributed by atoms with Crippen LogP contribution in [-0.4, -0.2) is 134 Å². The van der Waals surface area contributed by atoms with Gasteiger partial charge >= 0.3 is 0 Å². The first-order valence-corrected chi connectivity index (χ1v) is 24.8. The summed E-state index contributed by atoms with van der Waals surface area (Å²) in [6.07, 6.45) is 12.8. The van der Waals surface area contributed by atoms with Crippen LogP contribution in [0.5, 0.6) is 11.5 Å². The lowest BCUT2D eigenvalue weighted by atomic mass is 10.0. The van der Waals surface area contributed by atoms with Crippen LogP contribution in [0.4, 0.5) is 11.5 Å². The van der Waals surface area contributed by atoms with E-state index in [1.54, 1.807) is 18.2 Å². The maximum absolute atomic E-state index is 13.6. The van der Waals surface area contributed by atoms with Gasteiger partial charge in [0, 0.05) is 69.9 Å². The Balaban J connectivity index is 0.637. The number of nitrogen functional groups attached to an aromatic ring is 1. The van der Waals surface area contributed by atoms with Crippen molar-refractivity contribution in [2.24, 2.45) is 0 Å². The molecule has 3 aromatic carbocycles. The Bertz CT molecular complexity index is 2630. The Labute approximate surface area is 402 Å². The van der Waals surface area contributed by atoms with Crippen molar-refractivity contribution in [1.29, 1.82) is 0 Å². The molecule has 5 aromatic rings. The van der Waals surface area contributed by atoms with Crippen LogP contribution in [0.3, 0.4) is 0 Å². The molecule has 0 spiro atoms. The number of nitrogens with one attached hydrogen (secondary N) is 2. The third-order valence-corrected chi connectivity index (χ3v) is 14.0. The normalized spacial score (nSPS) is 19.0. The van der Waals surface area contributed by atoms with E-state index in [0.29, 0.717) is 58.9 Å². The number of para-hydroxylation sites is 1. The lowest BCUT2D eigenvalue weighted by Crippen LogP contribution is -2.54. The first-order valence-electron chi connectivity index (χ1n) is 24.8. The number of rotatable bonds is 20. The van der Waals surface area contributed by atoms with Gasteiger partial charge in [-0.2, -0.15) is 5.10 Å². The second kappa shape index (κ2) is 22.1. The predicted octanol–water partition coefficient (Wildman–Crippen LogP) is 6.67. The molecule has 69 heavy (non-hydrogen) atoms. The Kier molecular flexibility index (Phi) is 15.2. The van der Waals surface area contributed by atoms with Crippen molar-refractivity contribution in [3.63, 3.8) is 0 Å². The van der Waals surface area contributed by atoms with Crippen molar-refractivity contribution >= 4 is 52.1 Å². The molecule has 6 heterocycles. The highest BCUT2D eigenvalue weighted by Crippen LogP contribution is 2.36. The Morgan fingerprint density at radius 3 is 2.22 bits per heavy atom. The Hall–Kier alpha value is -6.72. The fourth-order valence-corrected chi connectivity index (χ4v) is 10.2. The summed E-state index contributed by atoms with van der Waals surface area (Å²) in [5, 5.41) is 11.4. The van der Waals surface area contributed by atoms with Gasteiger partial charge in [-0.1, -0.05) is 56.4 Å². The van der Waals surface area contributed by atoms with Crippen LogP contribution in [0, 0.1) is 0 Å². The topological polar surface area (TPSA) is 201 Å². The number of hydrogen-bond donors (Lipinski definition) is 3. The number of fused-ring (bicyclic) bond motifs is 2. The minimum atomic E-state index is -0.972. The number of anilines is 2. The SMILES string of the molecule is Nc1ncnc2c1c(-c1ccc(Oc3ccccc3)cc1)nn2[C@@H]1CCCN(C(=O)CCCN2CCN(CCCCCCCCCNc3cccc4c3C(=O)N(C3CCC(=O)NC3=O)C4=O)CC2)C1. The molecule has 3 fully saturated rings. The van der Waals surface area contributed by atoms with Gasteiger partial charge in [-0.15, -0.1) is 0 Å². The Morgan fingerprint density at radius 2 is 1.46 bits per heavy atom. The van der Waals surface area contributed by atoms with E-state index in [1.807, 2.05) is 64.2 Å². The molecule has 3 saturated heterocycles. The molecule has 17 nitrogen and oxygen atoms in total. The molecule has 9 rings (SSSR count). The summed E-state index contributed by atoms with van der Waals surface area (Å²) < 4.78 is 7.96. The largest absolute Gasteiger partial charge is 0.457 e. The summed E-state index contributed by atoms with van der Waals surface area (Å²) in [6, 6.07) is 21.6. The highest BCUT2D eigenvalue weighted by atomic mass is 16.5. The lowest BCUT2D eigenvalue weighted by molar-refractivity contribution is -0.136. The van der Waals surface area contributed by atoms with Crippen LogP contribution < -0.4 is 21.1 Å². The van der Waals surface area contributed by atoms with Gasteiger partial charge in [0.05, 0.1) is 22.6 Å². The van der Waals surface area contributed by atoms with Crippen molar-refractivity contribution < 1.29 is 28.7 Å². The quantitative estimate of drug-likeness (QED) is 0.0552. The van der Waals surface area contributed by atoms with Crippen molar-refractivity contribution in [3.8, 4) is 22.8 Å². The molecule has 4 aliphatic rings. The van der Waals surface area contributed by atoms with E-state index in [2.05, 4.69) is 30.4 Å². The number of piperidine rings is 2. The van der Waals surface area contributed by atoms with Crippen molar-refractivity contribution in [2.45, 2.75) is 95.6 Å². The molecule has 0 bridgehead atoms. The average molecular weight is 938 g/mol. The van der Waals surface area contributed by atoms with Crippen molar-refractivity contribution in [3.05, 3.63) is 90.3 Å². The number of ether oxygens (including phenoxy) is 1. The van der Waals surface area contributed by atoms with Gasteiger partial charge in [-0.3, -0.25) is 34.2 Å². The Morgan fingerprint density at radius 1 is 0.754 bits per heavy atom. The van der Waals surface area contributed by atoms with Crippen LogP contribution in [0.1, 0.15) is 110 Å². The summed E-state index contributed by atoms with van der Waals surface area (Å²) in [5.74, 6) is 0.0845. The number of likely N-dealkylation sites (tertiary alicyclic amines) is 1. The van der Waals surface area contributed by atoms with Crippen LogP contribution >= 0.6 is 0 Å². The van der Waals surface area contributed by atoms with Crippen LogP contribution in [0.15, 0.2) is 79.1 Å². The molecule has 17 heteroatoms. The molecule has 2 aromatic heterocycles. The third kappa shape index (κ3) is 11.1. The first-order chi connectivity index (χ1) is 33.7. The number of hydrogen-bond acceptors (Lipinski definition) is 13. The predicted molar refractivity (Wildman–Crippen MR) is 263 cm³/mol. The molecule has 4 aliphatic heterocycles. The van der Waals surface area contributed by atoms with Crippen molar-refractivity contribution in [1.82, 2.24) is 44.7 Å². The molecular formula is C52H63N11O6. The van der Waals surface area contributed by atoms with Crippen LogP contribution in [0.25, 0.3) is 22.3 Å². The molecule has 0 saturated carbocycles. The maximum Gasteiger partial charge on any atom is 0.264 e. The summed E-state index contributed by atoms with van der Waals surface area (Å²) in [6.45, 7) is 8.26. The van der Waals surface area contributed by atoms with Crippen LogP contribution in [-0.2, 0) is 14.4 Å². The number of benzene rings is 3. The lowest BCUT2D eigenvalue weighted by Gasteiger charge is -2.35. The number of carbonyl (C=O) groups is 5. The molecule has 4 N–H and O–H groups in total. The van der Waals surface area contributed by atoms with Gasteiger partial charge in [0.15, 0.2) is 5.65 Å². The molecule has 0 aliphatic carbocycles. The second-order valence-corrected chi connectivity index (χ2v) is 18.7. The summed E-state index contributed by atoms with van der Waals surface area (Å²) in [4.78, 5) is 81.1. The fraction of sp³-hybridized carbons (Fsp3) is 0.462. The highest BCUT2D eigenvalue weighted by Gasteiger charge is 2.45.